The van der Waals surface area contributed by atoms with Crippen LogP contribution < -0.4 is 0 Å². The zero-order valence-electron chi connectivity index (χ0n) is 13.9. The lowest BCUT2D eigenvalue weighted by molar-refractivity contribution is 0.487. The van der Waals surface area contributed by atoms with Gasteiger partial charge in [-0.25, -0.2) is 8.42 Å². The van der Waals surface area contributed by atoms with E-state index in [0.717, 1.165) is 37.7 Å². The van der Waals surface area contributed by atoms with Crippen LogP contribution in [0.25, 0.3) is 0 Å². The predicted molar refractivity (Wildman–Crippen MR) is 91.8 cm³/mol. The van der Waals surface area contributed by atoms with Crippen molar-refractivity contribution in [3.8, 4) is 6.07 Å². The van der Waals surface area contributed by atoms with E-state index in [9.17, 15) is 8.42 Å². The van der Waals surface area contributed by atoms with Crippen molar-refractivity contribution in [2.45, 2.75) is 64.5 Å². The van der Waals surface area contributed by atoms with Crippen molar-refractivity contribution < 1.29 is 8.42 Å². The minimum Gasteiger partial charge on any atom is -0.223 e. The van der Waals surface area contributed by atoms with Crippen LogP contribution in [-0.4, -0.2) is 13.7 Å². The van der Waals surface area contributed by atoms with E-state index in [1.807, 2.05) is 26.8 Å². The number of nitrogens with zero attached hydrogens (tertiary/aromatic N) is 1. The van der Waals surface area contributed by atoms with Crippen LogP contribution in [0.2, 0.25) is 0 Å². The largest absolute Gasteiger partial charge is 0.223 e. The molecule has 3 nitrogen and oxygen atoms in total. The zero-order chi connectivity index (χ0) is 16.6. The summed E-state index contributed by atoms with van der Waals surface area (Å²) in [6.07, 6.45) is 12.2. The van der Waals surface area contributed by atoms with E-state index in [1.165, 1.54) is 0 Å². The van der Waals surface area contributed by atoms with Crippen molar-refractivity contribution in [3.63, 3.8) is 0 Å². The number of rotatable bonds is 6. The van der Waals surface area contributed by atoms with E-state index in [4.69, 9.17) is 5.26 Å². The highest BCUT2D eigenvalue weighted by Crippen LogP contribution is 2.30. The first kappa shape index (κ1) is 18.7. The Kier molecular flexibility index (Phi) is 7.61. The molecule has 1 saturated carbocycles. The lowest BCUT2D eigenvalue weighted by Gasteiger charge is -2.22. The molecule has 0 aromatic carbocycles. The quantitative estimate of drug-likeness (QED) is 0.667. The van der Waals surface area contributed by atoms with Crippen molar-refractivity contribution in [1.82, 2.24) is 0 Å². The van der Waals surface area contributed by atoms with Crippen molar-refractivity contribution in [2.75, 3.05) is 0 Å². The van der Waals surface area contributed by atoms with Crippen molar-refractivity contribution in [3.05, 3.63) is 34.8 Å². The Bertz CT molecular complexity index is 585. The first-order valence-electron chi connectivity index (χ1n) is 8.08. The number of hydrogen-bond acceptors (Lipinski definition) is 3. The molecule has 1 unspecified atom stereocenters. The maximum absolute atomic E-state index is 12.9. The molecule has 1 aliphatic rings. The van der Waals surface area contributed by atoms with E-state index in [1.54, 1.807) is 18.2 Å². The van der Waals surface area contributed by atoms with Gasteiger partial charge in [0, 0.05) is 6.42 Å². The lowest BCUT2D eigenvalue weighted by atomic mass is 9.97. The average molecular weight is 321 g/mol. The minimum absolute atomic E-state index is 0.0387. The molecule has 0 aliphatic heterocycles. The molecule has 0 spiro atoms. The number of hydrogen-bond donors (Lipinski definition) is 0. The molecule has 22 heavy (non-hydrogen) atoms. The standard InChI is InChI=1S/C18H27NO2S/c1-4-9-18(14-16(5-2)15(3)12-13-19)22(20,21)17-10-7-6-8-11-17/h4-5,9,14-15,17H,6-8,10-12H2,1-3H3/b9-4-,16-5+,18-14+. The molecule has 0 heterocycles. The number of sulfone groups is 1. The summed E-state index contributed by atoms with van der Waals surface area (Å²) >= 11 is 0. The summed E-state index contributed by atoms with van der Waals surface area (Å²) in [5, 5.41) is 8.60. The Labute approximate surface area is 135 Å². The van der Waals surface area contributed by atoms with Gasteiger partial charge in [-0.2, -0.15) is 5.26 Å². The van der Waals surface area contributed by atoms with Gasteiger partial charge in [-0.15, -0.1) is 0 Å². The Morgan fingerprint density at radius 3 is 2.41 bits per heavy atom. The summed E-state index contributed by atoms with van der Waals surface area (Å²) in [5.74, 6) is 0.0387. The first-order chi connectivity index (χ1) is 10.5. The van der Waals surface area contributed by atoms with Crippen LogP contribution in [0.3, 0.4) is 0 Å². The highest BCUT2D eigenvalue weighted by Gasteiger charge is 2.29. The van der Waals surface area contributed by atoms with Gasteiger partial charge in [-0.3, -0.25) is 0 Å². The molecule has 1 atom stereocenters. The van der Waals surface area contributed by atoms with Gasteiger partial charge in [0.1, 0.15) is 0 Å². The van der Waals surface area contributed by atoms with E-state index in [2.05, 4.69) is 6.07 Å². The Morgan fingerprint density at radius 1 is 1.27 bits per heavy atom. The zero-order valence-corrected chi connectivity index (χ0v) is 14.7. The van der Waals surface area contributed by atoms with E-state index < -0.39 is 9.84 Å². The Balaban J connectivity index is 3.16. The van der Waals surface area contributed by atoms with Gasteiger partial charge in [-0.05, 0) is 50.3 Å². The van der Waals surface area contributed by atoms with Gasteiger partial charge < -0.3 is 0 Å². The van der Waals surface area contributed by atoms with E-state index in [0.29, 0.717) is 11.3 Å². The van der Waals surface area contributed by atoms with Crippen LogP contribution >= 0.6 is 0 Å². The van der Waals surface area contributed by atoms with Gasteiger partial charge in [-0.1, -0.05) is 38.3 Å². The molecule has 0 radical (unpaired) electrons. The van der Waals surface area contributed by atoms with Crippen LogP contribution in [0.5, 0.6) is 0 Å². The van der Waals surface area contributed by atoms with Crippen molar-refractivity contribution in [1.29, 1.82) is 5.26 Å². The molecule has 1 fully saturated rings. The SMILES string of the molecule is C\C=C/C(=C\C(=C/C)C(C)CC#N)S(=O)(=O)C1CCCCC1. The topological polar surface area (TPSA) is 57.9 Å². The Morgan fingerprint density at radius 2 is 1.91 bits per heavy atom. The summed E-state index contributed by atoms with van der Waals surface area (Å²) in [5.41, 5.74) is 0.911. The summed E-state index contributed by atoms with van der Waals surface area (Å²) in [6, 6.07) is 2.15. The fourth-order valence-corrected chi connectivity index (χ4v) is 4.85. The molecular formula is C18H27NO2S. The third-order valence-electron chi connectivity index (χ3n) is 4.26. The molecule has 0 bridgehead atoms. The fraction of sp³-hybridized carbons (Fsp3) is 0.611. The minimum atomic E-state index is -3.29. The molecule has 0 amide bonds. The molecule has 0 saturated heterocycles. The van der Waals surface area contributed by atoms with Gasteiger partial charge in [0.2, 0.25) is 0 Å². The number of nitriles is 1. The maximum Gasteiger partial charge on any atom is 0.181 e. The molecule has 0 aromatic rings. The van der Waals surface area contributed by atoms with Crippen LogP contribution in [-0.2, 0) is 9.84 Å². The first-order valence-corrected chi connectivity index (χ1v) is 9.63. The monoisotopic (exact) mass is 321 g/mol. The smallest absolute Gasteiger partial charge is 0.181 e. The number of allylic oxidation sites excluding steroid dienone is 5. The van der Waals surface area contributed by atoms with Crippen molar-refractivity contribution in [2.24, 2.45) is 5.92 Å². The molecule has 1 aliphatic carbocycles. The lowest BCUT2D eigenvalue weighted by Crippen LogP contribution is -2.25. The van der Waals surface area contributed by atoms with Gasteiger partial charge in [0.15, 0.2) is 9.84 Å². The van der Waals surface area contributed by atoms with Gasteiger partial charge in [0.25, 0.3) is 0 Å². The van der Waals surface area contributed by atoms with Crippen LogP contribution in [0, 0.1) is 17.2 Å². The van der Waals surface area contributed by atoms with E-state index >= 15 is 0 Å². The second-order valence-electron chi connectivity index (χ2n) is 5.90. The predicted octanol–water partition coefficient (Wildman–Crippen LogP) is 4.69. The summed E-state index contributed by atoms with van der Waals surface area (Å²) in [6.45, 7) is 5.67. The third-order valence-corrected chi connectivity index (χ3v) is 6.52. The third kappa shape index (κ3) is 4.84. The van der Waals surface area contributed by atoms with Gasteiger partial charge in [0.05, 0.1) is 16.2 Å². The molecule has 4 heteroatoms. The molecule has 122 valence electrons. The molecular weight excluding hydrogens is 294 g/mol. The summed E-state index contributed by atoms with van der Waals surface area (Å²) < 4.78 is 25.8. The highest BCUT2D eigenvalue weighted by molar-refractivity contribution is 7.96. The molecule has 0 N–H and O–H groups in total. The molecule has 1 rings (SSSR count). The normalized spacial score (nSPS) is 20.1. The maximum atomic E-state index is 12.9. The highest BCUT2D eigenvalue weighted by atomic mass is 32.2. The van der Waals surface area contributed by atoms with Crippen LogP contribution in [0.4, 0.5) is 0 Å². The summed E-state index contributed by atoms with van der Waals surface area (Å²) in [4.78, 5) is 0.389. The second kappa shape index (κ2) is 8.95. The average Bonchev–Trinajstić information content (AvgIpc) is 2.52. The Hall–Kier alpha value is -1.34. The van der Waals surface area contributed by atoms with E-state index in [-0.39, 0.29) is 11.2 Å². The van der Waals surface area contributed by atoms with Crippen LogP contribution in [0.15, 0.2) is 34.8 Å². The fourth-order valence-electron chi connectivity index (χ4n) is 2.89. The van der Waals surface area contributed by atoms with Gasteiger partial charge >= 0.3 is 0 Å². The van der Waals surface area contributed by atoms with Crippen LogP contribution in [0.1, 0.15) is 59.3 Å². The summed E-state index contributed by atoms with van der Waals surface area (Å²) in [7, 11) is -3.29. The van der Waals surface area contributed by atoms with Crippen molar-refractivity contribution >= 4 is 9.84 Å². The molecule has 0 aromatic heterocycles. The second-order valence-corrected chi connectivity index (χ2v) is 8.13.